The van der Waals surface area contributed by atoms with Crippen molar-refractivity contribution in [2.75, 3.05) is 13.1 Å². The monoisotopic (exact) mass is 684 g/mol. The van der Waals surface area contributed by atoms with Crippen LogP contribution in [0.15, 0.2) is 36.9 Å². The number of amides is 4. The minimum absolute atomic E-state index is 0.0200. The number of fused-ring (bicyclic) bond motifs is 1. The van der Waals surface area contributed by atoms with Gasteiger partial charge in [0.2, 0.25) is 17.6 Å². The van der Waals surface area contributed by atoms with Gasteiger partial charge in [0.25, 0.3) is 5.91 Å². The number of carbonyl (C=O) groups is 6. The Morgan fingerprint density at radius 1 is 0.939 bits per heavy atom. The van der Waals surface area contributed by atoms with Gasteiger partial charge in [-0.3, -0.25) is 24.0 Å². The van der Waals surface area contributed by atoms with Crippen molar-refractivity contribution in [3.8, 4) is 0 Å². The zero-order valence-electron chi connectivity index (χ0n) is 30.5. The predicted octanol–water partition coefficient (Wildman–Crippen LogP) is 4.18. The fourth-order valence-corrected chi connectivity index (χ4v) is 5.71. The van der Waals surface area contributed by atoms with Crippen molar-refractivity contribution in [3.05, 3.63) is 48.0 Å². The number of alkyl carbamates (subject to hydrolysis) is 1. The van der Waals surface area contributed by atoms with Gasteiger partial charge >= 0.3 is 12.1 Å². The van der Waals surface area contributed by atoms with E-state index in [1.165, 1.54) is 17.4 Å². The van der Waals surface area contributed by atoms with Crippen LogP contribution < -0.4 is 16.0 Å². The second kappa shape index (κ2) is 18.5. The summed E-state index contributed by atoms with van der Waals surface area (Å²) in [6.07, 6.45) is 3.83. The molecule has 1 saturated heterocycles. The van der Waals surface area contributed by atoms with Gasteiger partial charge in [-0.1, -0.05) is 50.6 Å². The van der Waals surface area contributed by atoms with Crippen LogP contribution in [-0.4, -0.2) is 82.9 Å². The molecule has 2 aliphatic rings. The maximum Gasteiger partial charge on any atom is 0.408 e. The van der Waals surface area contributed by atoms with Gasteiger partial charge < -0.3 is 30.3 Å². The Morgan fingerprint density at radius 3 is 2.04 bits per heavy atom. The van der Waals surface area contributed by atoms with E-state index in [4.69, 9.17) is 9.47 Å². The third-order valence-electron chi connectivity index (χ3n) is 7.62. The van der Waals surface area contributed by atoms with Crippen LogP contribution in [0.1, 0.15) is 98.6 Å². The molecule has 12 heteroatoms. The largest absolute Gasteiger partial charge is 0.460 e. The summed E-state index contributed by atoms with van der Waals surface area (Å²) in [5, 5.41) is 7.82. The zero-order chi connectivity index (χ0) is 36.9. The number of ether oxygens (including phenoxy) is 2. The third kappa shape index (κ3) is 13.3. The average Bonchev–Trinajstić information content (AvgIpc) is 3.65. The molecule has 1 aliphatic carbocycles. The van der Waals surface area contributed by atoms with Gasteiger partial charge in [0.05, 0.1) is 6.42 Å². The summed E-state index contributed by atoms with van der Waals surface area (Å²) in [4.78, 5) is 79.5. The molecule has 0 spiro atoms. The summed E-state index contributed by atoms with van der Waals surface area (Å²) >= 11 is 0. The summed E-state index contributed by atoms with van der Waals surface area (Å²) in [5.74, 6) is -3.63. The summed E-state index contributed by atoms with van der Waals surface area (Å²) in [6, 6.07) is 4.79. The van der Waals surface area contributed by atoms with Crippen LogP contribution >= 0.6 is 0 Å². The Morgan fingerprint density at radius 2 is 1.51 bits per heavy atom. The molecule has 1 aromatic rings. The number of rotatable bonds is 12. The molecule has 1 fully saturated rings. The predicted molar refractivity (Wildman–Crippen MR) is 186 cm³/mol. The van der Waals surface area contributed by atoms with Crippen LogP contribution in [0.5, 0.6) is 0 Å². The van der Waals surface area contributed by atoms with Crippen molar-refractivity contribution in [1.82, 2.24) is 20.9 Å². The SMILES string of the molecule is C=CCC(NC(=O)[C@@H]1CCCN1C(=O)[C@@H](NC(=O)OC(C)(C)C)C1Cc2ccccc2C1)C(=O)C(=O)NCCC(=O)OC(C)(C)C.CCC. The average molecular weight is 685 g/mol. The molecule has 0 radical (unpaired) electrons. The van der Waals surface area contributed by atoms with Gasteiger partial charge in [-0.05, 0) is 90.7 Å². The lowest BCUT2D eigenvalue weighted by molar-refractivity contribution is -0.154. The van der Waals surface area contributed by atoms with Crippen molar-refractivity contribution in [3.63, 3.8) is 0 Å². The lowest BCUT2D eigenvalue weighted by Gasteiger charge is -2.32. The Kier molecular flexibility index (Phi) is 15.5. The van der Waals surface area contributed by atoms with Gasteiger partial charge in [0.1, 0.15) is 29.3 Å². The normalized spacial score (nSPS) is 17.0. The van der Waals surface area contributed by atoms with Crippen molar-refractivity contribution in [2.45, 2.75) is 130 Å². The number of likely N-dealkylation sites (tertiary alicyclic amines) is 1. The first-order chi connectivity index (χ1) is 22.9. The molecule has 0 bridgehead atoms. The van der Waals surface area contributed by atoms with E-state index < -0.39 is 64.9 Å². The lowest BCUT2D eigenvalue weighted by atomic mass is 9.95. The minimum Gasteiger partial charge on any atom is -0.460 e. The van der Waals surface area contributed by atoms with E-state index in [1.54, 1.807) is 41.5 Å². The number of hydrogen-bond acceptors (Lipinski definition) is 8. The van der Waals surface area contributed by atoms with Crippen LogP contribution in [0.2, 0.25) is 0 Å². The topological polar surface area (TPSA) is 160 Å². The van der Waals surface area contributed by atoms with E-state index in [1.807, 2.05) is 24.3 Å². The number of benzene rings is 1. The van der Waals surface area contributed by atoms with Crippen LogP contribution in [0, 0.1) is 5.92 Å². The molecule has 3 rings (SSSR count). The molecule has 0 aromatic heterocycles. The molecule has 4 amide bonds. The Hall–Kier alpha value is -4.22. The smallest absolute Gasteiger partial charge is 0.408 e. The summed E-state index contributed by atoms with van der Waals surface area (Å²) < 4.78 is 10.7. The van der Waals surface area contributed by atoms with Gasteiger partial charge in [-0.25, -0.2) is 4.79 Å². The van der Waals surface area contributed by atoms with E-state index in [-0.39, 0.29) is 31.8 Å². The van der Waals surface area contributed by atoms with Crippen molar-refractivity contribution in [1.29, 1.82) is 0 Å². The van der Waals surface area contributed by atoms with Gasteiger partial charge in [0, 0.05) is 13.1 Å². The second-order valence-electron chi connectivity index (χ2n) is 14.5. The van der Waals surface area contributed by atoms with Gasteiger partial charge in [0.15, 0.2) is 0 Å². The van der Waals surface area contributed by atoms with Gasteiger partial charge in [-0.2, -0.15) is 0 Å². The quantitative estimate of drug-likeness (QED) is 0.168. The summed E-state index contributed by atoms with van der Waals surface area (Å²) in [7, 11) is 0. The number of hydrogen-bond donors (Lipinski definition) is 3. The van der Waals surface area contributed by atoms with Crippen LogP contribution in [0.3, 0.4) is 0 Å². The minimum atomic E-state index is -1.22. The first kappa shape index (κ1) is 41.0. The van der Waals surface area contributed by atoms with Crippen LogP contribution in [0.25, 0.3) is 0 Å². The first-order valence-corrected chi connectivity index (χ1v) is 17.2. The van der Waals surface area contributed by atoms with Gasteiger partial charge in [-0.15, -0.1) is 6.58 Å². The number of esters is 1. The fraction of sp³-hybridized carbons (Fsp3) is 0.622. The zero-order valence-corrected chi connectivity index (χ0v) is 30.5. The highest BCUT2D eigenvalue weighted by atomic mass is 16.6. The molecule has 3 N–H and O–H groups in total. The molecule has 1 heterocycles. The van der Waals surface area contributed by atoms with Crippen molar-refractivity contribution >= 4 is 35.6 Å². The molecule has 1 aliphatic heterocycles. The Bertz CT molecular complexity index is 1320. The maximum atomic E-state index is 14.1. The molecule has 49 heavy (non-hydrogen) atoms. The Balaban J connectivity index is 0.00000267. The fourth-order valence-electron chi connectivity index (χ4n) is 5.71. The number of carbonyl (C=O) groups excluding carboxylic acids is 6. The molecule has 272 valence electrons. The van der Waals surface area contributed by atoms with E-state index in [9.17, 15) is 28.8 Å². The maximum absolute atomic E-state index is 14.1. The van der Waals surface area contributed by atoms with Crippen LogP contribution in [0.4, 0.5) is 4.79 Å². The summed E-state index contributed by atoms with van der Waals surface area (Å²) in [6.45, 7) is 18.4. The number of nitrogens with one attached hydrogen (secondary N) is 3. The first-order valence-electron chi connectivity index (χ1n) is 17.2. The van der Waals surface area contributed by atoms with E-state index >= 15 is 0 Å². The third-order valence-corrected chi connectivity index (χ3v) is 7.62. The molecule has 0 saturated carbocycles. The molecule has 1 aromatic carbocycles. The molecule has 1 unspecified atom stereocenters. The van der Waals surface area contributed by atoms with Crippen LogP contribution in [-0.2, 0) is 46.3 Å². The highest BCUT2D eigenvalue weighted by molar-refractivity contribution is 6.38. The van der Waals surface area contributed by atoms with Crippen molar-refractivity contribution < 1.29 is 38.2 Å². The van der Waals surface area contributed by atoms with E-state index in [0.29, 0.717) is 25.7 Å². The standard InChI is InChI=1S/C34H48N4O8.C3H8/c1-8-12-24(28(40)30(42)35-17-16-26(39)45-33(2,3)4)36-29(41)25-15-11-18-38(25)31(43)27(37-32(44)46-34(5,6)7)23-19-21-13-9-10-14-22(21)20-23;1-3-2/h8-10,13-14,23-25,27H,1,11-12,15-20H2,2-7H3,(H,35,42)(H,36,41)(H,37,44);3H2,1-2H3/t24?,25-,27-;/m0./s1. The lowest BCUT2D eigenvalue weighted by Crippen LogP contribution is -2.58. The Labute approximate surface area is 291 Å². The molecular formula is C37H56N4O8. The van der Waals surface area contributed by atoms with Crippen molar-refractivity contribution in [2.24, 2.45) is 5.92 Å². The number of nitrogens with zero attached hydrogens (tertiary/aromatic N) is 1. The summed E-state index contributed by atoms with van der Waals surface area (Å²) in [5.41, 5.74) is 0.741. The number of ketones is 1. The molecular weight excluding hydrogens is 628 g/mol. The second-order valence-corrected chi connectivity index (χ2v) is 14.5. The highest BCUT2D eigenvalue weighted by Gasteiger charge is 2.43. The number of Topliss-reactive ketones (excluding diaryl/α,β-unsaturated/α-hetero) is 1. The molecule has 12 nitrogen and oxygen atoms in total. The highest BCUT2D eigenvalue weighted by Crippen LogP contribution is 2.31. The molecule has 3 atom stereocenters. The van der Waals surface area contributed by atoms with E-state index in [2.05, 4.69) is 36.4 Å². The van der Waals surface area contributed by atoms with E-state index in [0.717, 1.165) is 11.1 Å².